The molecule has 2 rings (SSSR count). The lowest BCUT2D eigenvalue weighted by Gasteiger charge is -2.44. The van der Waals surface area contributed by atoms with E-state index in [9.17, 15) is 0 Å². The van der Waals surface area contributed by atoms with Crippen LogP contribution in [0.5, 0.6) is 0 Å². The maximum absolute atomic E-state index is 2.51. The summed E-state index contributed by atoms with van der Waals surface area (Å²) in [5.41, 5.74) is 2.31. The zero-order chi connectivity index (χ0) is 8.60. The summed E-state index contributed by atoms with van der Waals surface area (Å²) in [6.45, 7) is 4.81. The van der Waals surface area contributed by atoms with E-state index in [4.69, 9.17) is 0 Å². The zero-order valence-electron chi connectivity index (χ0n) is 8.40. The van der Waals surface area contributed by atoms with Crippen molar-refractivity contribution >= 4 is 0 Å². The lowest BCUT2D eigenvalue weighted by molar-refractivity contribution is 0.108. The average Bonchev–Trinajstić information content (AvgIpc) is 2.02. The molecule has 0 heteroatoms. The van der Waals surface area contributed by atoms with Crippen molar-refractivity contribution in [2.45, 2.75) is 52.4 Å². The van der Waals surface area contributed by atoms with E-state index in [0.717, 1.165) is 5.92 Å². The van der Waals surface area contributed by atoms with Crippen LogP contribution in [-0.4, -0.2) is 0 Å². The van der Waals surface area contributed by atoms with Crippen molar-refractivity contribution in [1.82, 2.24) is 0 Å². The third-order valence-corrected chi connectivity index (χ3v) is 3.97. The third-order valence-electron chi connectivity index (χ3n) is 3.97. The molecular formula is C12H20. The second-order valence-corrected chi connectivity index (χ2v) is 5.06. The van der Waals surface area contributed by atoms with Gasteiger partial charge in [-0.15, -0.1) is 0 Å². The summed E-state index contributed by atoms with van der Waals surface area (Å²) in [6, 6.07) is 0. The van der Waals surface area contributed by atoms with Crippen LogP contribution < -0.4 is 0 Å². The Morgan fingerprint density at radius 2 is 2.25 bits per heavy atom. The Balaban J connectivity index is 2.17. The Morgan fingerprint density at radius 1 is 1.42 bits per heavy atom. The molecule has 0 aromatic heterocycles. The molecule has 2 atom stereocenters. The second-order valence-electron chi connectivity index (χ2n) is 5.06. The SMILES string of the molecule is CC1=CC[C@@H]2CCCC[C@@]2(C)C1. The quantitative estimate of drug-likeness (QED) is 0.476. The molecule has 0 amide bonds. The molecule has 1 fully saturated rings. The van der Waals surface area contributed by atoms with E-state index in [-0.39, 0.29) is 0 Å². The van der Waals surface area contributed by atoms with Crippen LogP contribution >= 0.6 is 0 Å². The van der Waals surface area contributed by atoms with Crippen molar-refractivity contribution in [3.8, 4) is 0 Å². The lowest BCUT2D eigenvalue weighted by Crippen LogP contribution is -2.33. The van der Waals surface area contributed by atoms with E-state index >= 15 is 0 Å². The van der Waals surface area contributed by atoms with Gasteiger partial charge in [-0.25, -0.2) is 0 Å². The standard InChI is InChI=1S/C12H20/c1-10-6-7-11-5-3-4-8-12(11,2)9-10/h6,11H,3-5,7-9H2,1-2H3/t11-,12-/m0/s1. The van der Waals surface area contributed by atoms with Gasteiger partial charge >= 0.3 is 0 Å². The van der Waals surface area contributed by atoms with Gasteiger partial charge in [0, 0.05) is 0 Å². The summed E-state index contributed by atoms with van der Waals surface area (Å²) in [7, 11) is 0. The molecule has 0 aliphatic heterocycles. The minimum Gasteiger partial charge on any atom is -0.0853 e. The Hall–Kier alpha value is -0.260. The first-order valence-electron chi connectivity index (χ1n) is 5.36. The first-order chi connectivity index (χ1) is 5.71. The molecule has 0 heterocycles. The van der Waals surface area contributed by atoms with Gasteiger partial charge in [0.2, 0.25) is 0 Å². The molecule has 0 bridgehead atoms. The van der Waals surface area contributed by atoms with Gasteiger partial charge in [0.1, 0.15) is 0 Å². The van der Waals surface area contributed by atoms with Gasteiger partial charge in [-0.3, -0.25) is 0 Å². The van der Waals surface area contributed by atoms with Crippen molar-refractivity contribution in [3.63, 3.8) is 0 Å². The molecule has 0 saturated heterocycles. The average molecular weight is 164 g/mol. The number of rotatable bonds is 0. The summed E-state index contributed by atoms with van der Waals surface area (Å²) in [4.78, 5) is 0. The van der Waals surface area contributed by atoms with Crippen molar-refractivity contribution in [2.24, 2.45) is 11.3 Å². The van der Waals surface area contributed by atoms with Crippen molar-refractivity contribution in [1.29, 1.82) is 0 Å². The van der Waals surface area contributed by atoms with Crippen molar-refractivity contribution in [2.75, 3.05) is 0 Å². The molecule has 0 spiro atoms. The Labute approximate surface area is 76.1 Å². The number of allylic oxidation sites excluding steroid dienone is 2. The monoisotopic (exact) mass is 164 g/mol. The number of fused-ring (bicyclic) bond motifs is 1. The molecule has 12 heavy (non-hydrogen) atoms. The van der Waals surface area contributed by atoms with Gasteiger partial charge in [0.15, 0.2) is 0 Å². The largest absolute Gasteiger partial charge is 0.0853 e. The van der Waals surface area contributed by atoms with Gasteiger partial charge in [-0.1, -0.05) is 31.4 Å². The molecule has 0 unspecified atom stereocenters. The minimum atomic E-state index is 0.678. The number of hydrogen-bond acceptors (Lipinski definition) is 0. The predicted molar refractivity (Wildman–Crippen MR) is 53.1 cm³/mol. The van der Waals surface area contributed by atoms with E-state index in [0.29, 0.717) is 5.41 Å². The normalized spacial score (nSPS) is 41.8. The molecule has 0 N–H and O–H groups in total. The topological polar surface area (TPSA) is 0 Å². The van der Waals surface area contributed by atoms with Gasteiger partial charge in [0.05, 0.1) is 0 Å². The Morgan fingerprint density at radius 3 is 3.08 bits per heavy atom. The molecule has 2 aliphatic carbocycles. The van der Waals surface area contributed by atoms with Crippen LogP contribution in [0, 0.1) is 11.3 Å². The highest BCUT2D eigenvalue weighted by atomic mass is 14.4. The van der Waals surface area contributed by atoms with Crippen molar-refractivity contribution < 1.29 is 0 Å². The van der Waals surface area contributed by atoms with Crippen LogP contribution in [0.4, 0.5) is 0 Å². The highest BCUT2D eigenvalue weighted by Crippen LogP contribution is 2.49. The van der Waals surface area contributed by atoms with Gasteiger partial charge < -0.3 is 0 Å². The van der Waals surface area contributed by atoms with Gasteiger partial charge in [-0.2, -0.15) is 0 Å². The van der Waals surface area contributed by atoms with Crippen LogP contribution in [0.15, 0.2) is 11.6 Å². The fraction of sp³-hybridized carbons (Fsp3) is 0.833. The predicted octanol–water partition coefficient (Wildman–Crippen LogP) is 3.92. The maximum Gasteiger partial charge on any atom is -0.0258 e. The first kappa shape index (κ1) is 8.34. The first-order valence-corrected chi connectivity index (χ1v) is 5.36. The van der Waals surface area contributed by atoms with E-state index in [1.165, 1.54) is 38.5 Å². The van der Waals surface area contributed by atoms with Crippen LogP contribution in [0.25, 0.3) is 0 Å². The van der Waals surface area contributed by atoms with Crippen LogP contribution in [0.3, 0.4) is 0 Å². The summed E-state index contributed by atoms with van der Waals surface area (Å²) in [5.74, 6) is 1.01. The molecule has 0 aromatic rings. The van der Waals surface area contributed by atoms with Gasteiger partial charge in [-0.05, 0) is 43.9 Å². The molecular weight excluding hydrogens is 144 g/mol. The highest BCUT2D eigenvalue weighted by molar-refractivity contribution is 5.10. The van der Waals surface area contributed by atoms with E-state index in [1.807, 2.05) is 0 Å². The number of hydrogen-bond donors (Lipinski definition) is 0. The molecule has 68 valence electrons. The van der Waals surface area contributed by atoms with E-state index in [1.54, 1.807) is 5.57 Å². The van der Waals surface area contributed by atoms with Crippen LogP contribution in [-0.2, 0) is 0 Å². The van der Waals surface area contributed by atoms with Gasteiger partial charge in [0.25, 0.3) is 0 Å². The third kappa shape index (κ3) is 1.32. The fourth-order valence-corrected chi connectivity index (χ4v) is 3.16. The van der Waals surface area contributed by atoms with E-state index < -0.39 is 0 Å². The summed E-state index contributed by atoms with van der Waals surface area (Å²) in [6.07, 6.45) is 11.1. The lowest BCUT2D eigenvalue weighted by atomic mass is 9.61. The van der Waals surface area contributed by atoms with Crippen LogP contribution in [0.1, 0.15) is 52.4 Å². The van der Waals surface area contributed by atoms with Crippen molar-refractivity contribution in [3.05, 3.63) is 11.6 Å². The molecule has 0 radical (unpaired) electrons. The molecule has 1 saturated carbocycles. The molecule has 0 aromatic carbocycles. The summed E-state index contributed by atoms with van der Waals surface area (Å²) >= 11 is 0. The highest BCUT2D eigenvalue weighted by Gasteiger charge is 2.37. The second kappa shape index (κ2) is 2.90. The Kier molecular flexibility index (Phi) is 2.02. The van der Waals surface area contributed by atoms with E-state index in [2.05, 4.69) is 19.9 Å². The summed E-state index contributed by atoms with van der Waals surface area (Å²) in [5, 5.41) is 0. The molecule has 0 nitrogen and oxygen atoms in total. The Bertz CT molecular complexity index is 202. The maximum atomic E-state index is 2.51. The minimum absolute atomic E-state index is 0.678. The zero-order valence-corrected chi connectivity index (χ0v) is 8.40. The fourth-order valence-electron chi connectivity index (χ4n) is 3.16. The smallest absolute Gasteiger partial charge is 0.0258 e. The van der Waals surface area contributed by atoms with Crippen LogP contribution in [0.2, 0.25) is 0 Å². The molecule has 2 aliphatic rings. The summed E-state index contributed by atoms with van der Waals surface area (Å²) < 4.78 is 0.